The summed E-state index contributed by atoms with van der Waals surface area (Å²) in [6, 6.07) is 7.96. The standard InChI is InChI=1S/C13H14N2OS.C2H6.CH3NO/c1-9(2)16-13(14)11-5-3-10(4-6-11)12-7-15-8-17-12;1-2;2-1-3/h3-8,13H,1,14H2,2H3;1-2H3;1H,(H2,2,3). The van der Waals surface area contributed by atoms with Crippen molar-refractivity contribution in [2.75, 3.05) is 0 Å². The number of aromatic nitrogens is 1. The van der Waals surface area contributed by atoms with E-state index in [0.717, 1.165) is 16.0 Å². The van der Waals surface area contributed by atoms with Gasteiger partial charge in [-0.15, -0.1) is 11.3 Å². The summed E-state index contributed by atoms with van der Waals surface area (Å²) in [6.07, 6.45) is 1.65. The second-order valence-corrected chi connectivity index (χ2v) is 4.75. The van der Waals surface area contributed by atoms with Crippen LogP contribution in [0.5, 0.6) is 0 Å². The summed E-state index contributed by atoms with van der Waals surface area (Å²) < 4.78 is 5.34. The van der Waals surface area contributed by atoms with Crippen LogP contribution in [0.2, 0.25) is 0 Å². The van der Waals surface area contributed by atoms with Gasteiger partial charge in [0, 0.05) is 11.8 Å². The Hall–Kier alpha value is -2.18. The molecule has 1 heterocycles. The fourth-order valence-corrected chi connectivity index (χ4v) is 2.11. The maximum Gasteiger partial charge on any atom is 0.204 e. The number of allylic oxidation sites excluding steroid dienone is 1. The molecule has 0 aliphatic heterocycles. The van der Waals surface area contributed by atoms with Gasteiger partial charge in [0.1, 0.15) is 0 Å². The minimum Gasteiger partial charge on any atom is -0.477 e. The SMILES string of the molecule is C=C(C)OC(N)c1ccc(-c2cncs2)cc1.CC.NC=O. The van der Waals surface area contributed by atoms with E-state index in [-0.39, 0.29) is 6.41 Å². The quantitative estimate of drug-likeness (QED) is 0.512. The first-order valence-electron chi connectivity index (χ1n) is 6.80. The van der Waals surface area contributed by atoms with Gasteiger partial charge in [-0.05, 0) is 12.5 Å². The van der Waals surface area contributed by atoms with E-state index in [1.807, 2.05) is 49.8 Å². The van der Waals surface area contributed by atoms with Crippen LogP contribution in [0, 0.1) is 0 Å². The third-order valence-corrected chi connectivity index (χ3v) is 3.11. The van der Waals surface area contributed by atoms with Crippen molar-refractivity contribution in [1.29, 1.82) is 0 Å². The maximum atomic E-state index is 8.58. The van der Waals surface area contributed by atoms with Gasteiger partial charge in [0.2, 0.25) is 6.41 Å². The van der Waals surface area contributed by atoms with Crippen LogP contribution in [0.3, 0.4) is 0 Å². The number of amides is 1. The predicted octanol–water partition coefficient (Wildman–Crippen LogP) is 3.45. The van der Waals surface area contributed by atoms with E-state index in [9.17, 15) is 0 Å². The second kappa shape index (κ2) is 11.5. The number of hydrogen-bond acceptors (Lipinski definition) is 5. The number of benzene rings is 1. The van der Waals surface area contributed by atoms with Gasteiger partial charge in [-0.3, -0.25) is 15.5 Å². The molecule has 0 fully saturated rings. The first kappa shape index (κ1) is 19.8. The molecule has 22 heavy (non-hydrogen) atoms. The molecule has 120 valence electrons. The van der Waals surface area contributed by atoms with E-state index in [1.54, 1.807) is 18.3 Å². The molecule has 1 aromatic carbocycles. The second-order valence-electron chi connectivity index (χ2n) is 3.86. The molecule has 0 saturated carbocycles. The van der Waals surface area contributed by atoms with E-state index in [4.69, 9.17) is 15.3 Å². The zero-order chi connectivity index (χ0) is 17.0. The topological polar surface area (TPSA) is 91.2 Å². The Bertz CT molecular complexity index is 539. The highest BCUT2D eigenvalue weighted by Gasteiger charge is 2.07. The van der Waals surface area contributed by atoms with Crippen molar-refractivity contribution in [3.05, 3.63) is 53.9 Å². The van der Waals surface area contributed by atoms with E-state index in [1.165, 1.54) is 0 Å². The number of nitrogens with zero attached hydrogens (tertiary/aromatic N) is 1. The first-order chi connectivity index (χ1) is 10.6. The van der Waals surface area contributed by atoms with Crippen LogP contribution in [0.4, 0.5) is 0 Å². The first-order valence-corrected chi connectivity index (χ1v) is 7.68. The molecule has 1 amide bonds. The van der Waals surface area contributed by atoms with E-state index >= 15 is 0 Å². The third kappa shape index (κ3) is 7.01. The van der Waals surface area contributed by atoms with Gasteiger partial charge in [-0.2, -0.15) is 0 Å². The van der Waals surface area contributed by atoms with Crippen LogP contribution in [-0.4, -0.2) is 11.4 Å². The summed E-state index contributed by atoms with van der Waals surface area (Å²) in [5.41, 5.74) is 13.9. The zero-order valence-corrected chi connectivity index (χ0v) is 14.0. The van der Waals surface area contributed by atoms with Crippen LogP contribution in [0.25, 0.3) is 10.4 Å². The smallest absolute Gasteiger partial charge is 0.204 e. The Morgan fingerprint density at radius 2 is 1.91 bits per heavy atom. The summed E-state index contributed by atoms with van der Waals surface area (Å²) in [5, 5.41) is 0. The molecule has 1 aromatic heterocycles. The highest BCUT2D eigenvalue weighted by molar-refractivity contribution is 7.13. The lowest BCUT2D eigenvalue weighted by atomic mass is 10.1. The molecule has 0 saturated heterocycles. The van der Waals surface area contributed by atoms with Gasteiger partial charge in [0.05, 0.1) is 16.1 Å². The van der Waals surface area contributed by atoms with Crippen LogP contribution in [0.1, 0.15) is 32.6 Å². The minimum absolute atomic E-state index is 0.250. The van der Waals surface area contributed by atoms with Crippen LogP contribution < -0.4 is 11.5 Å². The van der Waals surface area contributed by atoms with E-state index < -0.39 is 6.23 Å². The van der Waals surface area contributed by atoms with Crippen LogP contribution >= 0.6 is 11.3 Å². The average Bonchev–Trinajstić information content (AvgIpc) is 3.04. The molecule has 1 atom stereocenters. The Morgan fingerprint density at radius 1 is 1.36 bits per heavy atom. The molecule has 0 spiro atoms. The molecule has 0 bridgehead atoms. The van der Waals surface area contributed by atoms with Gasteiger partial charge < -0.3 is 10.5 Å². The number of carbonyl (C=O) groups excluding carboxylic acids is 1. The predicted molar refractivity (Wildman–Crippen MR) is 92.0 cm³/mol. The summed E-state index contributed by atoms with van der Waals surface area (Å²) in [7, 11) is 0. The zero-order valence-electron chi connectivity index (χ0n) is 13.2. The van der Waals surface area contributed by atoms with Crippen molar-refractivity contribution in [2.45, 2.75) is 27.0 Å². The molecule has 5 nitrogen and oxygen atoms in total. The maximum absolute atomic E-state index is 8.58. The normalized spacial score (nSPS) is 10.2. The molecule has 2 aromatic rings. The summed E-state index contributed by atoms with van der Waals surface area (Å²) in [4.78, 5) is 13.8. The minimum atomic E-state index is -0.456. The monoisotopic (exact) mass is 321 g/mol. The largest absolute Gasteiger partial charge is 0.477 e. The molecule has 0 aliphatic rings. The van der Waals surface area contributed by atoms with Crippen molar-refractivity contribution in [2.24, 2.45) is 11.5 Å². The lowest BCUT2D eigenvalue weighted by Gasteiger charge is -2.14. The fourth-order valence-electron chi connectivity index (χ4n) is 1.48. The summed E-state index contributed by atoms with van der Waals surface area (Å²) in [6.45, 7) is 9.45. The molecular formula is C16H23N3O2S. The number of carbonyl (C=O) groups is 1. The number of rotatable bonds is 4. The molecule has 6 heteroatoms. The number of primary amides is 1. The molecular weight excluding hydrogens is 298 g/mol. The highest BCUT2D eigenvalue weighted by Crippen LogP contribution is 2.25. The Kier molecular flexibility index (Phi) is 10.3. The number of hydrogen-bond donors (Lipinski definition) is 2. The van der Waals surface area contributed by atoms with Crippen molar-refractivity contribution < 1.29 is 9.53 Å². The van der Waals surface area contributed by atoms with E-state index in [0.29, 0.717) is 5.76 Å². The Labute approximate surface area is 135 Å². The fraction of sp³-hybridized carbons (Fsp3) is 0.250. The van der Waals surface area contributed by atoms with Crippen molar-refractivity contribution >= 4 is 17.7 Å². The molecule has 0 radical (unpaired) electrons. The lowest BCUT2D eigenvalue weighted by molar-refractivity contribution is -0.106. The van der Waals surface area contributed by atoms with Gasteiger partial charge in [-0.25, -0.2) is 0 Å². The Morgan fingerprint density at radius 3 is 2.32 bits per heavy atom. The molecule has 0 aliphatic carbocycles. The van der Waals surface area contributed by atoms with Crippen molar-refractivity contribution in [1.82, 2.24) is 4.98 Å². The number of thiazole rings is 1. The molecule has 4 N–H and O–H groups in total. The van der Waals surface area contributed by atoms with Gasteiger partial charge in [-0.1, -0.05) is 44.7 Å². The lowest BCUT2D eigenvalue weighted by Crippen LogP contribution is -2.12. The van der Waals surface area contributed by atoms with Gasteiger partial charge >= 0.3 is 0 Å². The number of nitrogens with two attached hydrogens (primary N) is 2. The number of ether oxygens (including phenoxy) is 1. The molecule has 1 unspecified atom stereocenters. The third-order valence-electron chi connectivity index (χ3n) is 2.28. The van der Waals surface area contributed by atoms with Crippen LogP contribution in [-0.2, 0) is 9.53 Å². The van der Waals surface area contributed by atoms with E-state index in [2.05, 4.69) is 17.3 Å². The molecule has 2 rings (SSSR count). The van der Waals surface area contributed by atoms with Crippen molar-refractivity contribution in [3.8, 4) is 10.4 Å². The summed E-state index contributed by atoms with van der Waals surface area (Å²) in [5.74, 6) is 0.615. The average molecular weight is 321 g/mol. The van der Waals surface area contributed by atoms with Crippen molar-refractivity contribution in [3.63, 3.8) is 0 Å². The van der Waals surface area contributed by atoms with Crippen LogP contribution in [0.15, 0.2) is 48.3 Å². The highest BCUT2D eigenvalue weighted by atomic mass is 32.1. The van der Waals surface area contributed by atoms with Gasteiger partial charge in [0.15, 0.2) is 6.23 Å². The van der Waals surface area contributed by atoms with Gasteiger partial charge in [0.25, 0.3) is 0 Å². The Balaban J connectivity index is 0.000000789. The summed E-state index contributed by atoms with van der Waals surface area (Å²) >= 11 is 1.61.